The van der Waals surface area contributed by atoms with Crippen LogP contribution in [0.1, 0.15) is 19.3 Å². The number of hydrogen-bond donors (Lipinski definition) is 3. The number of β-amino-alcohol motifs (C(OH)–C–C–N with tert-alkyl or cyclic N) is 1. The molecular weight excluding hydrogens is 212 g/mol. The molecule has 1 heterocycles. The molecule has 0 radical (unpaired) electrons. The Labute approximate surface area is 94.2 Å². The van der Waals surface area contributed by atoms with Crippen molar-refractivity contribution in [1.82, 2.24) is 10.2 Å². The molecule has 1 amide bonds. The van der Waals surface area contributed by atoms with Gasteiger partial charge < -0.3 is 15.5 Å². The number of nitrogens with zero attached hydrogens (tertiary/aromatic N) is 1. The van der Waals surface area contributed by atoms with Gasteiger partial charge in [0.05, 0.1) is 6.10 Å². The molecule has 0 aromatic heterocycles. The van der Waals surface area contributed by atoms with Gasteiger partial charge >= 0.3 is 5.97 Å². The molecule has 6 nitrogen and oxygen atoms in total. The van der Waals surface area contributed by atoms with E-state index in [9.17, 15) is 14.7 Å². The SMILES string of the molecule is CNC(=O)CCCN1CC(O)CC1C(=O)O. The van der Waals surface area contributed by atoms with Crippen LogP contribution < -0.4 is 5.32 Å². The van der Waals surface area contributed by atoms with E-state index in [1.54, 1.807) is 11.9 Å². The summed E-state index contributed by atoms with van der Waals surface area (Å²) >= 11 is 0. The van der Waals surface area contributed by atoms with Crippen LogP contribution in [-0.2, 0) is 9.59 Å². The highest BCUT2D eigenvalue weighted by Gasteiger charge is 2.35. The second-order valence-corrected chi connectivity index (χ2v) is 4.02. The van der Waals surface area contributed by atoms with Gasteiger partial charge in [-0.25, -0.2) is 0 Å². The molecule has 1 fully saturated rings. The maximum absolute atomic E-state index is 11.0. The molecule has 1 aliphatic rings. The predicted molar refractivity (Wildman–Crippen MR) is 56.9 cm³/mol. The van der Waals surface area contributed by atoms with Crippen LogP contribution in [0.4, 0.5) is 0 Å². The maximum Gasteiger partial charge on any atom is 0.321 e. The zero-order valence-corrected chi connectivity index (χ0v) is 9.35. The summed E-state index contributed by atoms with van der Waals surface area (Å²) in [5.74, 6) is -0.955. The second kappa shape index (κ2) is 5.81. The van der Waals surface area contributed by atoms with Crippen molar-refractivity contribution in [2.24, 2.45) is 0 Å². The van der Waals surface area contributed by atoms with Gasteiger partial charge in [-0.05, 0) is 13.0 Å². The maximum atomic E-state index is 11.0. The van der Waals surface area contributed by atoms with Crippen LogP contribution in [0.25, 0.3) is 0 Å². The number of carbonyl (C=O) groups excluding carboxylic acids is 1. The van der Waals surface area contributed by atoms with Crippen LogP contribution in [0.15, 0.2) is 0 Å². The fraction of sp³-hybridized carbons (Fsp3) is 0.800. The summed E-state index contributed by atoms with van der Waals surface area (Å²) in [6.45, 7) is 0.909. The molecule has 0 aliphatic carbocycles. The van der Waals surface area contributed by atoms with Crippen LogP contribution in [0.3, 0.4) is 0 Å². The Morgan fingerprint density at radius 1 is 1.50 bits per heavy atom. The molecule has 2 atom stereocenters. The number of hydrogen-bond acceptors (Lipinski definition) is 4. The highest BCUT2D eigenvalue weighted by atomic mass is 16.4. The fourth-order valence-electron chi connectivity index (χ4n) is 1.95. The normalized spacial score (nSPS) is 25.6. The lowest BCUT2D eigenvalue weighted by Crippen LogP contribution is -2.37. The van der Waals surface area contributed by atoms with Gasteiger partial charge in [0.2, 0.25) is 5.91 Å². The van der Waals surface area contributed by atoms with E-state index in [2.05, 4.69) is 5.32 Å². The fourth-order valence-corrected chi connectivity index (χ4v) is 1.95. The van der Waals surface area contributed by atoms with E-state index >= 15 is 0 Å². The Morgan fingerprint density at radius 2 is 2.19 bits per heavy atom. The number of aliphatic hydroxyl groups is 1. The molecule has 0 aromatic rings. The van der Waals surface area contributed by atoms with Crippen molar-refractivity contribution in [3.05, 3.63) is 0 Å². The largest absolute Gasteiger partial charge is 0.480 e. The standard InChI is InChI=1S/C10H18N2O4/c1-11-9(14)3-2-4-12-6-7(13)5-8(12)10(15)16/h7-8,13H,2-6H2,1H3,(H,11,14)(H,15,16). The summed E-state index contributed by atoms with van der Waals surface area (Å²) in [5.41, 5.74) is 0. The Bertz CT molecular complexity index is 270. The molecule has 16 heavy (non-hydrogen) atoms. The zero-order chi connectivity index (χ0) is 12.1. The van der Waals surface area contributed by atoms with E-state index < -0.39 is 18.1 Å². The number of carbonyl (C=O) groups is 2. The minimum atomic E-state index is -0.906. The van der Waals surface area contributed by atoms with Gasteiger partial charge in [0.25, 0.3) is 0 Å². The van der Waals surface area contributed by atoms with Gasteiger partial charge in [-0.15, -0.1) is 0 Å². The van der Waals surface area contributed by atoms with E-state index in [4.69, 9.17) is 5.11 Å². The van der Waals surface area contributed by atoms with Crippen molar-refractivity contribution in [2.75, 3.05) is 20.1 Å². The van der Waals surface area contributed by atoms with Gasteiger partial charge in [-0.2, -0.15) is 0 Å². The molecule has 1 saturated heterocycles. The topological polar surface area (TPSA) is 89.9 Å². The highest BCUT2D eigenvalue weighted by molar-refractivity contribution is 5.75. The minimum absolute atomic E-state index is 0.0494. The summed E-state index contributed by atoms with van der Waals surface area (Å²) in [5, 5.41) is 20.8. The number of aliphatic carboxylic acids is 1. The van der Waals surface area contributed by atoms with Crippen molar-refractivity contribution in [3.8, 4) is 0 Å². The third-order valence-electron chi connectivity index (χ3n) is 2.79. The molecule has 1 aliphatic heterocycles. The first kappa shape index (κ1) is 12.9. The Kier molecular flexibility index (Phi) is 4.70. The number of rotatable bonds is 5. The molecule has 3 N–H and O–H groups in total. The summed E-state index contributed by atoms with van der Waals surface area (Å²) in [7, 11) is 1.57. The van der Waals surface area contributed by atoms with Gasteiger partial charge in [0.1, 0.15) is 6.04 Å². The number of carboxylic acid groups (broad SMARTS) is 1. The highest BCUT2D eigenvalue weighted by Crippen LogP contribution is 2.18. The van der Waals surface area contributed by atoms with E-state index in [1.807, 2.05) is 0 Å². The molecule has 0 spiro atoms. The predicted octanol–water partition coefficient (Wildman–Crippen LogP) is -0.968. The molecule has 0 bridgehead atoms. The van der Waals surface area contributed by atoms with Crippen LogP contribution in [0.5, 0.6) is 0 Å². The quantitative estimate of drug-likeness (QED) is 0.565. The van der Waals surface area contributed by atoms with Gasteiger partial charge in [-0.1, -0.05) is 0 Å². The number of nitrogens with one attached hydrogen (secondary N) is 1. The monoisotopic (exact) mass is 230 g/mol. The second-order valence-electron chi connectivity index (χ2n) is 4.02. The van der Waals surface area contributed by atoms with Crippen LogP contribution in [-0.4, -0.2) is 59.3 Å². The molecule has 92 valence electrons. The van der Waals surface area contributed by atoms with E-state index in [-0.39, 0.29) is 12.3 Å². The van der Waals surface area contributed by atoms with Crippen molar-refractivity contribution >= 4 is 11.9 Å². The number of carboxylic acids is 1. The third-order valence-corrected chi connectivity index (χ3v) is 2.79. The van der Waals surface area contributed by atoms with E-state index in [1.165, 1.54) is 0 Å². The van der Waals surface area contributed by atoms with Gasteiger partial charge in [0, 0.05) is 26.4 Å². The minimum Gasteiger partial charge on any atom is -0.480 e. The average molecular weight is 230 g/mol. The first-order valence-corrected chi connectivity index (χ1v) is 5.40. The smallest absolute Gasteiger partial charge is 0.321 e. The van der Waals surface area contributed by atoms with Crippen molar-refractivity contribution in [3.63, 3.8) is 0 Å². The summed E-state index contributed by atoms with van der Waals surface area (Å²) in [6.07, 6.45) is 0.696. The van der Waals surface area contributed by atoms with Crippen molar-refractivity contribution in [2.45, 2.75) is 31.4 Å². The first-order chi connectivity index (χ1) is 7.54. The molecule has 0 saturated carbocycles. The lowest BCUT2D eigenvalue weighted by atomic mass is 10.2. The third kappa shape index (κ3) is 3.46. The van der Waals surface area contributed by atoms with E-state index in [0.717, 1.165) is 0 Å². The summed E-state index contributed by atoms with van der Waals surface area (Å²) in [6, 6.07) is -0.611. The Hall–Kier alpha value is -1.14. The van der Waals surface area contributed by atoms with Crippen LogP contribution >= 0.6 is 0 Å². The van der Waals surface area contributed by atoms with Crippen LogP contribution in [0, 0.1) is 0 Å². The zero-order valence-electron chi connectivity index (χ0n) is 9.35. The summed E-state index contributed by atoms with van der Waals surface area (Å²) < 4.78 is 0. The van der Waals surface area contributed by atoms with Crippen LogP contribution in [0.2, 0.25) is 0 Å². The lowest BCUT2D eigenvalue weighted by molar-refractivity contribution is -0.142. The van der Waals surface area contributed by atoms with Crippen molar-refractivity contribution in [1.29, 1.82) is 0 Å². The molecule has 6 heteroatoms. The lowest BCUT2D eigenvalue weighted by Gasteiger charge is -2.20. The van der Waals surface area contributed by atoms with Crippen molar-refractivity contribution < 1.29 is 19.8 Å². The average Bonchev–Trinajstić information content (AvgIpc) is 2.59. The van der Waals surface area contributed by atoms with Gasteiger partial charge in [-0.3, -0.25) is 14.5 Å². The molecule has 1 rings (SSSR count). The molecular formula is C10H18N2O4. The number of amides is 1. The summed E-state index contributed by atoms with van der Waals surface area (Å²) in [4.78, 5) is 23.6. The first-order valence-electron chi connectivity index (χ1n) is 5.40. The Balaban J connectivity index is 2.35. The number of aliphatic hydroxyl groups excluding tert-OH is 1. The van der Waals surface area contributed by atoms with Gasteiger partial charge in [0.15, 0.2) is 0 Å². The molecule has 2 unspecified atom stereocenters. The molecule has 0 aromatic carbocycles. The number of likely N-dealkylation sites (tertiary alicyclic amines) is 1. The van der Waals surface area contributed by atoms with E-state index in [0.29, 0.717) is 25.9 Å². The Morgan fingerprint density at radius 3 is 2.75 bits per heavy atom.